The van der Waals surface area contributed by atoms with E-state index in [2.05, 4.69) is 28.4 Å². The molecule has 0 bridgehead atoms. The highest BCUT2D eigenvalue weighted by Gasteiger charge is 2.30. The number of carbonyl (C=O) groups excluding carboxylic acids is 1. The average Bonchev–Trinajstić information content (AvgIpc) is 2.98. The number of benzene rings is 2. The van der Waals surface area contributed by atoms with Crippen LogP contribution in [0.4, 0.5) is 4.39 Å². The summed E-state index contributed by atoms with van der Waals surface area (Å²) in [6, 6.07) is 11.2. The number of nitrogens with zero attached hydrogens (tertiary/aromatic N) is 2. The highest BCUT2D eigenvalue weighted by atomic mass is 19.1. The maximum absolute atomic E-state index is 15.1. The monoisotopic (exact) mass is 469 g/mol. The van der Waals surface area contributed by atoms with Gasteiger partial charge in [-0.2, -0.15) is 0 Å². The van der Waals surface area contributed by atoms with Crippen LogP contribution in [0.15, 0.2) is 36.4 Å². The number of piperidine rings is 1. The minimum atomic E-state index is -0.735. The molecule has 2 aromatic rings. The molecule has 0 aliphatic carbocycles. The van der Waals surface area contributed by atoms with Crippen LogP contribution in [-0.4, -0.2) is 78.9 Å². The van der Waals surface area contributed by atoms with Gasteiger partial charge in [-0.25, -0.2) is 4.39 Å². The van der Waals surface area contributed by atoms with E-state index in [1.165, 1.54) is 22.1 Å². The van der Waals surface area contributed by atoms with E-state index in [0.29, 0.717) is 12.3 Å². The zero-order valence-corrected chi connectivity index (χ0v) is 19.3. The van der Waals surface area contributed by atoms with Gasteiger partial charge < -0.3 is 24.8 Å². The molecule has 1 amide bonds. The molecule has 0 saturated carbocycles. The number of hydrogen-bond acceptors (Lipinski definition) is 6. The van der Waals surface area contributed by atoms with Crippen molar-refractivity contribution in [3.63, 3.8) is 0 Å². The Labute approximate surface area is 199 Å². The topological polar surface area (TPSA) is 74.3 Å². The van der Waals surface area contributed by atoms with Gasteiger partial charge in [0.1, 0.15) is 35.6 Å². The number of β-amino-alcohol motifs (C(OH)–C–C–N with tert-alkyl or cyclic N) is 1. The fraction of sp³-hybridized carbons (Fsp3) is 0.500. The summed E-state index contributed by atoms with van der Waals surface area (Å²) in [4.78, 5) is 16.9. The Morgan fingerprint density at radius 2 is 1.94 bits per heavy atom. The SMILES string of the molecule is O=C1c2c(F)cc(OC3CCNCC3)cc2OCCN1CC(O)CN1CCc2ccccc2C1. The Hall–Kier alpha value is -2.68. The largest absolute Gasteiger partial charge is 0.491 e. The molecule has 2 N–H and O–H groups in total. The number of amides is 1. The Bertz CT molecular complexity index is 1030. The van der Waals surface area contributed by atoms with Crippen LogP contribution in [0.2, 0.25) is 0 Å². The third-order valence-electron chi connectivity index (χ3n) is 6.85. The first-order chi connectivity index (χ1) is 16.6. The second kappa shape index (κ2) is 10.3. The second-order valence-corrected chi connectivity index (χ2v) is 9.35. The standard InChI is InChI=1S/C26H32FN3O4/c27-23-13-22(34-21-5-8-28-9-6-21)14-24-25(23)26(32)30(11-12-33-24)17-20(31)16-29-10-7-18-3-1-2-4-19(18)15-29/h1-4,13-14,20-21,28,31H,5-12,15-17H2. The van der Waals surface area contributed by atoms with Gasteiger partial charge in [0.05, 0.1) is 12.6 Å². The zero-order valence-electron chi connectivity index (χ0n) is 19.3. The van der Waals surface area contributed by atoms with Crippen molar-refractivity contribution in [3.8, 4) is 11.5 Å². The van der Waals surface area contributed by atoms with Crippen molar-refractivity contribution in [2.75, 3.05) is 45.9 Å². The Morgan fingerprint density at radius 1 is 1.15 bits per heavy atom. The summed E-state index contributed by atoms with van der Waals surface area (Å²) in [5.74, 6) is -0.518. The molecule has 1 atom stereocenters. The molecule has 34 heavy (non-hydrogen) atoms. The van der Waals surface area contributed by atoms with Crippen molar-refractivity contribution in [1.29, 1.82) is 0 Å². The third-order valence-corrected chi connectivity index (χ3v) is 6.85. The van der Waals surface area contributed by atoms with E-state index in [0.717, 1.165) is 45.4 Å². The number of ether oxygens (including phenoxy) is 2. The van der Waals surface area contributed by atoms with E-state index < -0.39 is 17.8 Å². The van der Waals surface area contributed by atoms with Crippen molar-refractivity contribution in [2.45, 2.75) is 38.0 Å². The molecule has 3 aliphatic rings. The Balaban J connectivity index is 1.23. The van der Waals surface area contributed by atoms with Crippen LogP contribution in [0.25, 0.3) is 0 Å². The smallest absolute Gasteiger partial charge is 0.260 e. The van der Waals surface area contributed by atoms with E-state index in [4.69, 9.17) is 9.47 Å². The number of hydrogen-bond donors (Lipinski definition) is 2. The summed E-state index contributed by atoms with van der Waals surface area (Å²) in [6.07, 6.45) is 1.94. The van der Waals surface area contributed by atoms with Crippen molar-refractivity contribution < 1.29 is 23.8 Å². The van der Waals surface area contributed by atoms with Crippen molar-refractivity contribution >= 4 is 5.91 Å². The van der Waals surface area contributed by atoms with Crippen LogP contribution in [-0.2, 0) is 13.0 Å². The average molecular weight is 470 g/mol. The molecular formula is C26H32FN3O4. The van der Waals surface area contributed by atoms with Crippen LogP contribution in [0.1, 0.15) is 34.3 Å². The van der Waals surface area contributed by atoms with Gasteiger partial charge in [-0.05, 0) is 43.5 Å². The molecule has 5 rings (SSSR count). The molecule has 3 heterocycles. The minimum Gasteiger partial charge on any atom is -0.491 e. The van der Waals surface area contributed by atoms with Gasteiger partial charge in [0.15, 0.2) is 0 Å². The predicted octanol–water partition coefficient (Wildman–Crippen LogP) is 2.21. The fourth-order valence-electron chi connectivity index (χ4n) is 5.07. The lowest BCUT2D eigenvalue weighted by Crippen LogP contribution is -2.44. The molecule has 0 aromatic heterocycles. The first-order valence-corrected chi connectivity index (χ1v) is 12.2. The van der Waals surface area contributed by atoms with Gasteiger partial charge in [0, 0.05) is 38.3 Å². The molecule has 2 aromatic carbocycles. The maximum Gasteiger partial charge on any atom is 0.260 e. The molecule has 8 heteroatoms. The molecule has 0 spiro atoms. The molecule has 1 saturated heterocycles. The molecule has 1 unspecified atom stereocenters. The number of halogens is 1. The molecular weight excluding hydrogens is 437 g/mol. The van der Waals surface area contributed by atoms with Crippen LogP contribution in [0.5, 0.6) is 11.5 Å². The third kappa shape index (κ3) is 5.19. The van der Waals surface area contributed by atoms with Crippen LogP contribution < -0.4 is 14.8 Å². The number of carbonyl (C=O) groups is 1. The van der Waals surface area contributed by atoms with Crippen LogP contribution >= 0.6 is 0 Å². The second-order valence-electron chi connectivity index (χ2n) is 9.35. The van der Waals surface area contributed by atoms with Gasteiger partial charge in [-0.1, -0.05) is 24.3 Å². The summed E-state index contributed by atoms with van der Waals surface area (Å²) >= 11 is 0. The lowest BCUT2D eigenvalue weighted by molar-refractivity contribution is 0.0498. The number of aliphatic hydroxyl groups excluding tert-OH is 1. The lowest BCUT2D eigenvalue weighted by atomic mass is 10.00. The van der Waals surface area contributed by atoms with E-state index in [9.17, 15) is 9.90 Å². The summed E-state index contributed by atoms with van der Waals surface area (Å²) in [5.41, 5.74) is 2.54. The molecule has 3 aliphatic heterocycles. The van der Waals surface area contributed by atoms with Gasteiger partial charge in [0.2, 0.25) is 0 Å². The molecule has 1 fully saturated rings. The molecule has 0 radical (unpaired) electrons. The van der Waals surface area contributed by atoms with E-state index in [-0.39, 0.29) is 37.1 Å². The maximum atomic E-state index is 15.1. The quantitative estimate of drug-likeness (QED) is 0.676. The molecule has 182 valence electrons. The van der Waals surface area contributed by atoms with Crippen LogP contribution in [0.3, 0.4) is 0 Å². The van der Waals surface area contributed by atoms with Crippen molar-refractivity contribution in [1.82, 2.24) is 15.1 Å². The summed E-state index contributed by atoms with van der Waals surface area (Å²) in [5, 5.41) is 14.0. The van der Waals surface area contributed by atoms with Crippen LogP contribution in [0, 0.1) is 5.82 Å². The minimum absolute atomic E-state index is 0.0218. The predicted molar refractivity (Wildman–Crippen MR) is 126 cm³/mol. The number of rotatable bonds is 6. The van der Waals surface area contributed by atoms with Gasteiger partial charge in [0.25, 0.3) is 5.91 Å². The Morgan fingerprint density at radius 3 is 2.76 bits per heavy atom. The number of fused-ring (bicyclic) bond motifs is 2. The van der Waals surface area contributed by atoms with E-state index >= 15 is 4.39 Å². The van der Waals surface area contributed by atoms with Gasteiger partial charge in [-0.3, -0.25) is 9.69 Å². The Kier molecular flexibility index (Phi) is 6.99. The highest BCUT2D eigenvalue weighted by Crippen LogP contribution is 2.32. The molecule has 7 nitrogen and oxygen atoms in total. The first kappa shape index (κ1) is 23.1. The van der Waals surface area contributed by atoms with Gasteiger partial charge >= 0.3 is 0 Å². The first-order valence-electron chi connectivity index (χ1n) is 12.2. The number of aliphatic hydroxyl groups is 1. The lowest BCUT2D eigenvalue weighted by Gasteiger charge is -2.32. The van der Waals surface area contributed by atoms with Gasteiger partial charge in [-0.15, -0.1) is 0 Å². The summed E-state index contributed by atoms with van der Waals surface area (Å²) in [7, 11) is 0. The van der Waals surface area contributed by atoms with Crippen molar-refractivity contribution in [2.24, 2.45) is 0 Å². The fourth-order valence-corrected chi connectivity index (χ4v) is 5.07. The zero-order chi connectivity index (χ0) is 23.5. The summed E-state index contributed by atoms with van der Waals surface area (Å²) < 4.78 is 26.7. The highest BCUT2D eigenvalue weighted by molar-refractivity contribution is 5.97. The summed E-state index contributed by atoms with van der Waals surface area (Å²) in [6.45, 7) is 4.49. The van der Waals surface area contributed by atoms with Crippen molar-refractivity contribution in [3.05, 3.63) is 58.9 Å². The number of nitrogens with one attached hydrogen (secondary N) is 1. The van der Waals surface area contributed by atoms with E-state index in [1.54, 1.807) is 6.07 Å². The normalized spacial score (nSPS) is 20.2. The van der Waals surface area contributed by atoms with E-state index in [1.807, 2.05) is 6.07 Å².